The summed E-state index contributed by atoms with van der Waals surface area (Å²) in [4.78, 5) is 33.3. The highest BCUT2D eigenvalue weighted by molar-refractivity contribution is 7.22. The van der Waals surface area contributed by atoms with Crippen LogP contribution in [0.25, 0.3) is 10.2 Å². The van der Waals surface area contributed by atoms with E-state index in [1.165, 1.54) is 22.3 Å². The zero-order chi connectivity index (χ0) is 28.4. The number of nitrogens with zero attached hydrogens (tertiary/aromatic N) is 2. The minimum atomic E-state index is -0.989. The summed E-state index contributed by atoms with van der Waals surface area (Å²) in [5.41, 5.74) is 1.10. The Hall–Kier alpha value is -4.31. The van der Waals surface area contributed by atoms with Crippen LogP contribution in [0, 0.1) is 6.92 Å². The molecule has 1 amide bonds. The molecule has 1 N–H and O–H groups in total. The topological polar surface area (TPSA) is 111 Å². The van der Waals surface area contributed by atoms with Crippen molar-refractivity contribution in [3.63, 3.8) is 0 Å². The number of furan rings is 1. The molecule has 0 bridgehead atoms. The molecule has 2 aromatic carbocycles. The van der Waals surface area contributed by atoms with Crippen LogP contribution in [0.2, 0.25) is 0 Å². The van der Waals surface area contributed by atoms with Crippen LogP contribution < -0.4 is 19.1 Å². The van der Waals surface area contributed by atoms with Crippen molar-refractivity contribution in [2.75, 3.05) is 25.2 Å². The Morgan fingerprint density at radius 3 is 2.62 bits per heavy atom. The maximum absolute atomic E-state index is 13.7. The summed E-state index contributed by atoms with van der Waals surface area (Å²) in [6.45, 7) is 6.58. The van der Waals surface area contributed by atoms with Gasteiger partial charge in [-0.15, -0.1) is 0 Å². The second-order valence-electron chi connectivity index (χ2n) is 9.25. The lowest BCUT2D eigenvalue weighted by molar-refractivity contribution is -0.117. The van der Waals surface area contributed by atoms with Crippen molar-refractivity contribution >= 4 is 38.4 Å². The predicted molar refractivity (Wildman–Crippen MR) is 152 cm³/mol. The predicted octanol–water partition coefficient (Wildman–Crippen LogP) is 6.57. The Morgan fingerprint density at radius 2 is 1.93 bits per heavy atom. The fourth-order valence-electron chi connectivity index (χ4n) is 4.57. The van der Waals surface area contributed by atoms with Crippen LogP contribution in [-0.2, 0) is 4.79 Å². The average molecular weight is 563 g/mol. The molecular weight excluding hydrogens is 532 g/mol. The number of aryl methyl sites for hydroxylation is 1. The van der Waals surface area contributed by atoms with Gasteiger partial charge in [0.2, 0.25) is 5.78 Å². The van der Waals surface area contributed by atoms with Gasteiger partial charge in [0, 0.05) is 0 Å². The molecule has 0 saturated carbocycles. The number of ketones is 1. The number of carbonyl (C=O) groups excluding carboxylic acids is 2. The van der Waals surface area contributed by atoms with E-state index in [1.54, 1.807) is 50.4 Å². The van der Waals surface area contributed by atoms with Gasteiger partial charge < -0.3 is 23.7 Å². The van der Waals surface area contributed by atoms with E-state index >= 15 is 0 Å². The molecule has 0 fully saturated rings. The molecule has 0 aliphatic carbocycles. The smallest absolute Gasteiger partial charge is 0.296 e. The molecule has 1 aliphatic heterocycles. The van der Waals surface area contributed by atoms with Gasteiger partial charge in [-0.05, 0) is 68.3 Å². The molecule has 0 radical (unpaired) electrons. The molecule has 5 rings (SSSR count). The van der Waals surface area contributed by atoms with Gasteiger partial charge >= 0.3 is 0 Å². The number of carbonyl (C=O) groups is 2. The van der Waals surface area contributed by atoms with Gasteiger partial charge in [0.25, 0.3) is 5.91 Å². The number of anilines is 1. The van der Waals surface area contributed by atoms with Crippen LogP contribution in [0.3, 0.4) is 0 Å². The number of unbranched alkanes of at least 4 members (excludes halogenated alkanes) is 1. The van der Waals surface area contributed by atoms with Crippen LogP contribution in [0.1, 0.15) is 54.6 Å². The van der Waals surface area contributed by atoms with E-state index in [1.807, 2.05) is 13.0 Å². The highest BCUT2D eigenvalue weighted by Crippen LogP contribution is 2.46. The Kier molecular flexibility index (Phi) is 7.79. The Morgan fingerprint density at radius 1 is 1.10 bits per heavy atom. The van der Waals surface area contributed by atoms with Gasteiger partial charge in [-0.25, -0.2) is 4.98 Å². The minimum absolute atomic E-state index is 0.0253. The first-order chi connectivity index (χ1) is 19.4. The average Bonchev–Trinajstić information content (AvgIpc) is 3.64. The summed E-state index contributed by atoms with van der Waals surface area (Å²) in [6.07, 6.45) is 1.87. The van der Waals surface area contributed by atoms with Crippen molar-refractivity contribution < 1.29 is 33.3 Å². The van der Waals surface area contributed by atoms with Crippen molar-refractivity contribution in [2.45, 2.75) is 39.7 Å². The van der Waals surface area contributed by atoms with Crippen molar-refractivity contribution in [3.8, 4) is 17.2 Å². The third-order valence-corrected chi connectivity index (χ3v) is 7.56. The van der Waals surface area contributed by atoms with E-state index in [0.29, 0.717) is 52.4 Å². The first-order valence-electron chi connectivity index (χ1n) is 13.1. The van der Waals surface area contributed by atoms with Gasteiger partial charge in [-0.2, -0.15) is 0 Å². The van der Waals surface area contributed by atoms with Gasteiger partial charge in [-0.3, -0.25) is 14.5 Å². The van der Waals surface area contributed by atoms with Gasteiger partial charge in [0.1, 0.15) is 11.5 Å². The number of benzene rings is 2. The highest BCUT2D eigenvalue weighted by atomic mass is 32.1. The molecule has 1 atom stereocenters. The van der Waals surface area contributed by atoms with E-state index in [4.69, 9.17) is 18.6 Å². The normalized spacial score (nSPS) is 15.2. The molecule has 0 saturated heterocycles. The molecule has 9 nitrogen and oxygen atoms in total. The van der Waals surface area contributed by atoms with E-state index in [-0.39, 0.29) is 11.3 Å². The minimum Gasteiger partial charge on any atom is -0.503 e. The molecule has 1 unspecified atom stereocenters. The molecule has 208 valence electrons. The summed E-state index contributed by atoms with van der Waals surface area (Å²) in [5, 5.41) is 11.4. The zero-order valence-electron chi connectivity index (χ0n) is 22.7. The third kappa shape index (κ3) is 5.02. The van der Waals surface area contributed by atoms with Gasteiger partial charge in [-0.1, -0.05) is 30.7 Å². The summed E-state index contributed by atoms with van der Waals surface area (Å²) >= 11 is 1.26. The fraction of sp³-hybridized carbons (Fsp3) is 0.300. The van der Waals surface area contributed by atoms with Gasteiger partial charge in [0.05, 0.1) is 42.2 Å². The summed E-state index contributed by atoms with van der Waals surface area (Å²) in [5.74, 6) is 0.276. The number of Topliss-reactive ketones (excluding diaryl/α,β-unsaturated/α-hetero) is 1. The van der Waals surface area contributed by atoms with Crippen LogP contribution >= 0.6 is 11.3 Å². The molecule has 40 heavy (non-hydrogen) atoms. The fourth-order valence-corrected chi connectivity index (χ4v) is 5.59. The van der Waals surface area contributed by atoms with Crippen LogP contribution in [0.15, 0.2) is 64.3 Å². The van der Waals surface area contributed by atoms with E-state index in [0.717, 1.165) is 17.5 Å². The number of hydrogen-bond acceptors (Lipinski definition) is 9. The molecule has 3 heterocycles. The molecule has 4 aromatic rings. The number of thiazole rings is 1. The quantitative estimate of drug-likeness (QED) is 0.161. The number of ether oxygens (including phenoxy) is 3. The maximum Gasteiger partial charge on any atom is 0.296 e. The Balaban J connectivity index is 1.64. The molecular formula is C30H30N2O7S. The van der Waals surface area contributed by atoms with E-state index in [9.17, 15) is 14.7 Å². The first kappa shape index (κ1) is 27.3. The zero-order valence-corrected chi connectivity index (χ0v) is 23.5. The largest absolute Gasteiger partial charge is 0.503 e. The SMILES string of the molecule is CCCCOc1ccc(C2C(C(=O)c3ccc(C)o3)=C(O)C(=O)N2c2nc3ccc(OC)cc3s2)cc1OCC. The Labute approximate surface area is 235 Å². The number of fused-ring (bicyclic) bond motifs is 1. The van der Waals surface area contributed by atoms with Crippen molar-refractivity contribution in [1.29, 1.82) is 0 Å². The van der Waals surface area contributed by atoms with Gasteiger partial charge in [0.15, 0.2) is 28.1 Å². The molecule has 1 aliphatic rings. The number of methoxy groups -OCH3 is 1. The lowest BCUT2D eigenvalue weighted by atomic mass is 9.95. The monoisotopic (exact) mass is 562 g/mol. The van der Waals surface area contributed by atoms with E-state index < -0.39 is 23.5 Å². The highest BCUT2D eigenvalue weighted by Gasteiger charge is 2.46. The molecule has 0 spiro atoms. The van der Waals surface area contributed by atoms with Crippen LogP contribution in [-0.4, -0.2) is 42.1 Å². The standard InChI is InChI=1S/C30H30N2O7S/c1-5-7-14-38-21-13-9-18(15-23(21)37-6-2)26-25(27(33)22-12-8-17(3)39-22)28(34)29(35)32(26)30-31-20-11-10-19(36-4)16-24(20)40-30/h8-13,15-16,26,34H,5-7,14H2,1-4H3. The number of aromatic nitrogens is 1. The first-order valence-corrected chi connectivity index (χ1v) is 13.9. The molecule has 2 aromatic heterocycles. The van der Waals surface area contributed by atoms with Crippen LogP contribution in [0.4, 0.5) is 5.13 Å². The number of hydrogen-bond donors (Lipinski definition) is 1. The second kappa shape index (κ2) is 11.4. The summed E-state index contributed by atoms with van der Waals surface area (Å²) in [7, 11) is 1.57. The number of aliphatic hydroxyl groups is 1. The second-order valence-corrected chi connectivity index (χ2v) is 10.3. The maximum atomic E-state index is 13.7. The summed E-state index contributed by atoms with van der Waals surface area (Å²) < 4.78 is 23.5. The number of rotatable bonds is 11. The van der Waals surface area contributed by atoms with Crippen LogP contribution in [0.5, 0.6) is 17.2 Å². The lowest BCUT2D eigenvalue weighted by Gasteiger charge is -2.25. The Bertz CT molecular complexity index is 1600. The van der Waals surface area contributed by atoms with Crippen molar-refractivity contribution in [3.05, 3.63) is 76.9 Å². The number of aliphatic hydroxyl groups excluding tert-OH is 1. The molecule has 10 heteroatoms. The van der Waals surface area contributed by atoms with Crippen molar-refractivity contribution in [2.24, 2.45) is 0 Å². The van der Waals surface area contributed by atoms with Crippen molar-refractivity contribution in [1.82, 2.24) is 4.98 Å². The lowest BCUT2D eigenvalue weighted by Crippen LogP contribution is -2.31. The summed E-state index contributed by atoms with van der Waals surface area (Å²) in [6, 6.07) is 12.9. The third-order valence-electron chi connectivity index (χ3n) is 6.55. The number of amides is 1. The van der Waals surface area contributed by atoms with E-state index in [2.05, 4.69) is 11.9 Å².